The van der Waals surface area contributed by atoms with Crippen molar-refractivity contribution in [3.63, 3.8) is 0 Å². The van der Waals surface area contributed by atoms with Gasteiger partial charge in [-0.15, -0.1) is 0 Å². The van der Waals surface area contributed by atoms with Gasteiger partial charge in [0.2, 0.25) is 15.9 Å². The fourth-order valence-corrected chi connectivity index (χ4v) is 3.26. The molecule has 1 heterocycles. The van der Waals surface area contributed by atoms with E-state index in [1.54, 1.807) is 13.8 Å². The van der Waals surface area contributed by atoms with Crippen LogP contribution in [0.1, 0.15) is 30.2 Å². The lowest BCUT2D eigenvalue weighted by Gasteiger charge is -2.13. The predicted molar refractivity (Wildman–Crippen MR) is 75.5 cm³/mol. The van der Waals surface area contributed by atoms with Gasteiger partial charge in [0.05, 0.1) is 12.2 Å². The number of rotatable bonds is 4. The fraction of sp³-hybridized carbons (Fsp3) is 0.308. The molecule has 21 heavy (non-hydrogen) atoms. The van der Waals surface area contributed by atoms with Crippen molar-refractivity contribution in [1.29, 1.82) is 0 Å². The molecule has 0 radical (unpaired) electrons. The summed E-state index contributed by atoms with van der Waals surface area (Å²) in [5.41, 5.74) is 5.92. The van der Waals surface area contributed by atoms with Gasteiger partial charge in [-0.25, -0.2) is 17.8 Å². The number of sulfonamides is 1. The first-order valence-electron chi connectivity index (χ1n) is 6.21. The lowest BCUT2D eigenvalue weighted by atomic mass is 10.2. The van der Waals surface area contributed by atoms with E-state index in [2.05, 4.69) is 9.71 Å². The second-order valence-electron chi connectivity index (χ2n) is 4.80. The van der Waals surface area contributed by atoms with Crippen LogP contribution in [0.4, 0.5) is 10.1 Å². The number of anilines is 1. The van der Waals surface area contributed by atoms with Gasteiger partial charge in [-0.05, 0) is 38.5 Å². The number of nitrogen functional groups attached to an aromatic ring is 1. The van der Waals surface area contributed by atoms with Crippen LogP contribution in [0.5, 0.6) is 0 Å². The van der Waals surface area contributed by atoms with Gasteiger partial charge in [0, 0.05) is 5.69 Å². The van der Waals surface area contributed by atoms with Crippen LogP contribution in [-0.2, 0) is 10.0 Å². The number of hydrogen-bond acceptors (Lipinski definition) is 5. The fourth-order valence-electron chi connectivity index (χ4n) is 1.88. The topological polar surface area (TPSA) is 98.2 Å². The molecular formula is C13H16FN3O3S. The molecule has 0 aliphatic carbocycles. The molecule has 0 spiro atoms. The van der Waals surface area contributed by atoms with Crippen molar-refractivity contribution in [3.8, 4) is 0 Å². The van der Waals surface area contributed by atoms with E-state index in [9.17, 15) is 12.8 Å². The summed E-state index contributed by atoms with van der Waals surface area (Å²) < 4.78 is 46.1. The van der Waals surface area contributed by atoms with Gasteiger partial charge in [0.1, 0.15) is 16.5 Å². The van der Waals surface area contributed by atoms with Gasteiger partial charge in [-0.1, -0.05) is 0 Å². The van der Waals surface area contributed by atoms with E-state index in [4.69, 9.17) is 10.2 Å². The van der Waals surface area contributed by atoms with Gasteiger partial charge in [-0.2, -0.15) is 4.72 Å². The van der Waals surface area contributed by atoms with Crippen LogP contribution in [0.15, 0.2) is 27.6 Å². The number of oxazole rings is 1. The molecule has 0 bridgehead atoms. The Hall–Kier alpha value is -1.93. The highest BCUT2D eigenvalue weighted by Gasteiger charge is 2.25. The molecule has 1 aromatic heterocycles. The van der Waals surface area contributed by atoms with Crippen LogP contribution in [0.3, 0.4) is 0 Å². The standard InChI is InChI=1S/C13H16FN3O3S/c1-7-4-10(15)5-11(12(7)14)21(18,19)17-9(3)13-16-6-8(2)20-13/h4-6,9,17H,15H2,1-3H3. The monoisotopic (exact) mass is 313 g/mol. The molecule has 2 aromatic rings. The molecule has 3 N–H and O–H groups in total. The second kappa shape index (κ2) is 5.45. The molecule has 8 heteroatoms. The number of nitrogens with two attached hydrogens (primary N) is 1. The van der Waals surface area contributed by atoms with Crippen LogP contribution >= 0.6 is 0 Å². The highest BCUT2D eigenvalue weighted by Crippen LogP contribution is 2.23. The highest BCUT2D eigenvalue weighted by atomic mass is 32.2. The number of hydrogen-bond donors (Lipinski definition) is 2. The zero-order valence-corrected chi connectivity index (χ0v) is 12.7. The molecule has 0 aliphatic heterocycles. The summed E-state index contributed by atoms with van der Waals surface area (Å²) in [7, 11) is -4.08. The number of nitrogens with zero attached hydrogens (tertiary/aromatic N) is 1. The van der Waals surface area contributed by atoms with Crippen molar-refractivity contribution >= 4 is 15.7 Å². The molecule has 1 atom stereocenters. The minimum absolute atomic E-state index is 0.162. The van der Waals surface area contributed by atoms with Crippen LogP contribution in [-0.4, -0.2) is 13.4 Å². The van der Waals surface area contributed by atoms with Crippen molar-refractivity contribution in [2.75, 3.05) is 5.73 Å². The molecule has 2 rings (SSSR count). The Labute approximate surface area is 122 Å². The van der Waals surface area contributed by atoms with Gasteiger partial charge in [-0.3, -0.25) is 0 Å². The normalized spacial score (nSPS) is 13.3. The van der Waals surface area contributed by atoms with E-state index in [0.29, 0.717) is 5.76 Å². The molecule has 1 aromatic carbocycles. The molecule has 0 amide bonds. The smallest absolute Gasteiger partial charge is 0.244 e. The number of nitrogens with one attached hydrogen (secondary N) is 1. The number of aryl methyl sites for hydroxylation is 2. The lowest BCUT2D eigenvalue weighted by molar-refractivity contribution is 0.427. The minimum atomic E-state index is -4.08. The summed E-state index contributed by atoms with van der Waals surface area (Å²) in [6, 6.07) is 1.72. The molecule has 6 nitrogen and oxygen atoms in total. The van der Waals surface area contributed by atoms with Crippen molar-refractivity contribution in [2.24, 2.45) is 0 Å². The zero-order chi connectivity index (χ0) is 15.8. The SMILES string of the molecule is Cc1cnc(C(C)NS(=O)(=O)c2cc(N)cc(C)c2F)o1. The molecule has 0 fully saturated rings. The van der Waals surface area contributed by atoms with Crippen LogP contribution in [0.2, 0.25) is 0 Å². The Morgan fingerprint density at radius 2 is 2.05 bits per heavy atom. The van der Waals surface area contributed by atoms with Crippen molar-refractivity contribution in [1.82, 2.24) is 9.71 Å². The number of halogens is 1. The largest absolute Gasteiger partial charge is 0.444 e. The van der Waals surface area contributed by atoms with E-state index in [0.717, 1.165) is 6.07 Å². The summed E-state index contributed by atoms with van der Waals surface area (Å²) in [4.78, 5) is 3.45. The van der Waals surface area contributed by atoms with Gasteiger partial charge < -0.3 is 10.2 Å². The molecule has 1 unspecified atom stereocenters. The van der Waals surface area contributed by atoms with Crippen molar-refractivity contribution < 1.29 is 17.2 Å². The summed E-state index contributed by atoms with van der Waals surface area (Å²) in [6.07, 6.45) is 1.48. The predicted octanol–water partition coefficient (Wildman–Crippen LogP) is 2.05. The average Bonchev–Trinajstić information content (AvgIpc) is 2.80. The summed E-state index contributed by atoms with van der Waals surface area (Å²) in [6.45, 7) is 4.70. The Balaban J connectivity index is 2.35. The van der Waals surface area contributed by atoms with Gasteiger partial charge >= 0.3 is 0 Å². The maximum atomic E-state index is 14.0. The summed E-state index contributed by atoms with van der Waals surface area (Å²) in [5, 5.41) is 0. The van der Waals surface area contributed by atoms with Crippen molar-refractivity contribution in [3.05, 3.63) is 41.4 Å². The lowest BCUT2D eigenvalue weighted by Crippen LogP contribution is -2.28. The molecule has 114 valence electrons. The van der Waals surface area contributed by atoms with E-state index in [1.165, 1.54) is 19.2 Å². The third kappa shape index (κ3) is 3.22. The second-order valence-corrected chi connectivity index (χ2v) is 6.48. The Morgan fingerprint density at radius 1 is 1.38 bits per heavy atom. The highest BCUT2D eigenvalue weighted by molar-refractivity contribution is 7.89. The number of benzene rings is 1. The van der Waals surface area contributed by atoms with E-state index in [-0.39, 0.29) is 17.1 Å². The summed E-state index contributed by atoms with van der Waals surface area (Å²) >= 11 is 0. The summed E-state index contributed by atoms with van der Waals surface area (Å²) in [5.74, 6) is -0.0633. The molecule has 0 aliphatic rings. The van der Waals surface area contributed by atoms with E-state index < -0.39 is 26.8 Å². The maximum absolute atomic E-state index is 14.0. The van der Waals surface area contributed by atoms with E-state index in [1.807, 2.05) is 0 Å². The quantitative estimate of drug-likeness (QED) is 0.842. The minimum Gasteiger partial charge on any atom is -0.444 e. The molecular weight excluding hydrogens is 297 g/mol. The van der Waals surface area contributed by atoms with Crippen molar-refractivity contribution in [2.45, 2.75) is 31.7 Å². The first kappa shape index (κ1) is 15.5. The molecule has 0 saturated heterocycles. The Morgan fingerprint density at radius 3 is 2.62 bits per heavy atom. The van der Waals surface area contributed by atoms with E-state index >= 15 is 0 Å². The third-order valence-electron chi connectivity index (χ3n) is 2.87. The maximum Gasteiger partial charge on any atom is 0.244 e. The third-order valence-corrected chi connectivity index (χ3v) is 4.41. The van der Waals surface area contributed by atoms with Crippen LogP contribution in [0.25, 0.3) is 0 Å². The van der Waals surface area contributed by atoms with Crippen LogP contribution in [0, 0.1) is 19.7 Å². The zero-order valence-electron chi connectivity index (χ0n) is 11.8. The number of aromatic nitrogens is 1. The first-order chi connectivity index (χ1) is 9.70. The molecule has 0 saturated carbocycles. The Kier molecular flexibility index (Phi) is 4.02. The average molecular weight is 313 g/mol. The van der Waals surface area contributed by atoms with Crippen LogP contribution < -0.4 is 10.5 Å². The first-order valence-corrected chi connectivity index (χ1v) is 7.69. The Bertz CT molecular complexity index is 771. The van der Waals surface area contributed by atoms with Gasteiger partial charge in [0.25, 0.3) is 0 Å². The van der Waals surface area contributed by atoms with Gasteiger partial charge in [0.15, 0.2) is 0 Å².